The fraction of sp³-hybridized carbons (Fsp3) is 0.240. The van der Waals surface area contributed by atoms with E-state index in [9.17, 15) is 4.79 Å². The number of nitrogens with zero attached hydrogens (tertiary/aromatic N) is 6. The van der Waals surface area contributed by atoms with E-state index in [1.807, 2.05) is 66.4 Å². The van der Waals surface area contributed by atoms with E-state index in [1.54, 1.807) is 0 Å². The minimum Gasteiger partial charge on any atom is -0.419 e. The molecule has 0 spiro atoms. The third-order valence-corrected chi connectivity index (χ3v) is 6.28. The molecule has 0 unspecified atom stereocenters. The average Bonchev–Trinajstić information content (AvgIpc) is 3.63. The molecule has 2 aromatic carbocycles. The minimum atomic E-state index is -0.0569. The summed E-state index contributed by atoms with van der Waals surface area (Å²) in [6.07, 6.45) is 0. The maximum absolute atomic E-state index is 13.0. The van der Waals surface area contributed by atoms with Crippen molar-refractivity contribution in [2.24, 2.45) is 0 Å². The summed E-state index contributed by atoms with van der Waals surface area (Å²) < 4.78 is 11.4. The number of para-hydroxylation sites is 1. The van der Waals surface area contributed by atoms with Crippen LogP contribution in [0.2, 0.25) is 0 Å². The van der Waals surface area contributed by atoms with Gasteiger partial charge in [0.25, 0.3) is 11.8 Å². The first-order valence-electron chi connectivity index (χ1n) is 11.5. The van der Waals surface area contributed by atoms with E-state index in [-0.39, 0.29) is 5.91 Å². The fourth-order valence-electron chi connectivity index (χ4n) is 4.41. The lowest BCUT2D eigenvalue weighted by Gasteiger charge is -2.33. The van der Waals surface area contributed by atoms with Gasteiger partial charge in [-0.2, -0.15) is 5.10 Å². The summed E-state index contributed by atoms with van der Waals surface area (Å²) in [6.45, 7) is 4.94. The number of benzene rings is 2. The maximum atomic E-state index is 13.0. The summed E-state index contributed by atoms with van der Waals surface area (Å²) in [5.74, 6) is 1.46. The molecule has 0 saturated carbocycles. The van der Waals surface area contributed by atoms with Crippen molar-refractivity contribution < 1.29 is 13.7 Å². The number of rotatable bonds is 5. The Morgan fingerprint density at radius 3 is 2.60 bits per heavy atom. The summed E-state index contributed by atoms with van der Waals surface area (Å²) in [7, 11) is 0. The first kappa shape index (κ1) is 21.2. The molecular formula is C25H23N7O3. The van der Waals surface area contributed by atoms with E-state index in [0.717, 1.165) is 16.5 Å². The molecule has 1 aliphatic rings. The van der Waals surface area contributed by atoms with Gasteiger partial charge in [-0.1, -0.05) is 53.7 Å². The molecule has 10 nitrogen and oxygen atoms in total. The molecule has 0 radical (unpaired) electrons. The second-order valence-electron chi connectivity index (χ2n) is 8.52. The monoisotopic (exact) mass is 469 g/mol. The van der Waals surface area contributed by atoms with Crippen molar-refractivity contribution in [2.45, 2.75) is 13.5 Å². The summed E-state index contributed by atoms with van der Waals surface area (Å²) in [5, 5.41) is 20.7. The number of carbonyl (C=O) groups is 1. The van der Waals surface area contributed by atoms with Crippen molar-refractivity contribution in [3.63, 3.8) is 0 Å². The SMILES string of the molecule is Cc1onc(-c2ccccc2)c1-c1nnc(CN2CCN(C(=O)c3n[nH]c4ccccc34)CC2)o1. The zero-order valence-corrected chi connectivity index (χ0v) is 19.1. The van der Waals surface area contributed by atoms with Crippen LogP contribution in [0.4, 0.5) is 0 Å². The molecule has 35 heavy (non-hydrogen) atoms. The van der Waals surface area contributed by atoms with Gasteiger partial charge in [0, 0.05) is 37.1 Å². The predicted octanol–water partition coefficient (Wildman–Crippen LogP) is 3.53. The Morgan fingerprint density at radius 2 is 1.77 bits per heavy atom. The predicted molar refractivity (Wildman–Crippen MR) is 127 cm³/mol. The lowest BCUT2D eigenvalue weighted by atomic mass is 10.1. The topological polar surface area (TPSA) is 117 Å². The summed E-state index contributed by atoms with van der Waals surface area (Å²) in [5.41, 5.74) is 3.63. The van der Waals surface area contributed by atoms with E-state index >= 15 is 0 Å². The van der Waals surface area contributed by atoms with Crippen molar-refractivity contribution >= 4 is 16.8 Å². The Balaban J connectivity index is 1.12. The van der Waals surface area contributed by atoms with E-state index in [1.165, 1.54) is 0 Å². The number of piperazine rings is 1. The smallest absolute Gasteiger partial charge is 0.275 e. The number of carbonyl (C=O) groups excluding carboxylic acids is 1. The Morgan fingerprint density at radius 1 is 1.00 bits per heavy atom. The van der Waals surface area contributed by atoms with Crippen LogP contribution in [0.25, 0.3) is 33.6 Å². The maximum Gasteiger partial charge on any atom is 0.275 e. The highest BCUT2D eigenvalue weighted by molar-refractivity contribution is 6.04. The third kappa shape index (κ3) is 3.97. The number of hydrogen-bond acceptors (Lipinski definition) is 8. The van der Waals surface area contributed by atoms with Gasteiger partial charge in [0.2, 0.25) is 5.89 Å². The van der Waals surface area contributed by atoms with Gasteiger partial charge in [-0.25, -0.2) is 0 Å². The van der Waals surface area contributed by atoms with Crippen LogP contribution < -0.4 is 0 Å². The lowest BCUT2D eigenvalue weighted by Crippen LogP contribution is -2.48. The molecule has 0 atom stereocenters. The molecule has 4 heterocycles. The largest absolute Gasteiger partial charge is 0.419 e. The second-order valence-corrected chi connectivity index (χ2v) is 8.52. The third-order valence-electron chi connectivity index (χ3n) is 6.28. The normalized spacial score (nSPS) is 14.6. The number of fused-ring (bicyclic) bond motifs is 1. The van der Waals surface area contributed by atoms with Gasteiger partial charge in [0.1, 0.15) is 17.0 Å². The summed E-state index contributed by atoms with van der Waals surface area (Å²) in [6, 6.07) is 17.4. The molecule has 6 rings (SSSR count). The van der Waals surface area contributed by atoms with Crippen LogP contribution in [0.15, 0.2) is 63.5 Å². The van der Waals surface area contributed by atoms with Crippen LogP contribution in [0, 0.1) is 6.92 Å². The van der Waals surface area contributed by atoms with Crippen molar-refractivity contribution in [2.75, 3.05) is 26.2 Å². The highest BCUT2D eigenvalue weighted by Gasteiger charge is 2.27. The lowest BCUT2D eigenvalue weighted by molar-refractivity contribution is 0.0614. The van der Waals surface area contributed by atoms with Crippen molar-refractivity contribution in [1.29, 1.82) is 0 Å². The number of H-pyrrole nitrogens is 1. The Bertz CT molecular complexity index is 1480. The van der Waals surface area contributed by atoms with Crippen molar-refractivity contribution in [1.82, 2.24) is 35.4 Å². The van der Waals surface area contributed by atoms with Crippen LogP contribution in [0.3, 0.4) is 0 Å². The first-order valence-corrected chi connectivity index (χ1v) is 11.5. The van der Waals surface area contributed by atoms with Crippen LogP contribution >= 0.6 is 0 Å². The molecule has 0 bridgehead atoms. The van der Waals surface area contributed by atoms with Crippen molar-refractivity contribution in [3.8, 4) is 22.7 Å². The van der Waals surface area contributed by atoms with Gasteiger partial charge in [0.15, 0.2) is 5.69 Å². The van der Waals surface area contributed by atoms with Crippen LogP contribution in [0.1, 0.15) is 22.1 Å². The summed E-state index contributed by atoms with van der Waals surface area (Å²) >= 11 is 0. The van der Waals surface area contributed by atoms with Crippen LogP contribution in [-0.2, 0) is 6.54 Å². The average molecular weight is 470 g/mol. The van der Waals surface area contributed by atoms with Crippen LogP contribution in [0.5, 0.6) is 0 Å². The molecule has 1 amide bonds. The molecule has 3 aromatic heterocycles. The molecule has 1 N–H and O–H groups in total. The number of nitrogens with one attached hydrogen (secondary N) is 1. The number of aromatic amines is 1. The fourth-order valence-corrected chi connectivity index (χ4v) is 4.41. The Kier molecular flexibility index (Phi) is 5.34. The molecule has 5 aromatic rings. The molecule has 1 saturated heterocycles. The van der Waals surface area contributed by atoms with E-state index in [2.05, 4.69) is 30.5 Å². The number of amides is 1. The quantitative estimate of drug-likeness (QED) is 0.415. The van der Waals surface area contributed by atoms with Gasteiger partial charge >= 0.3 is 0 Å². The minimum absolute atomic E-state index is 0.0569. The first-order chi connectivity index (χ1) is 17.2. The van der Waals surface area contributed by atoms with Gasteiger partial charge < -0.3 is 13.8 Å². The molecule has 0 aliphatic carbocycles. The highest BCUT2D eigenvalue weighted by atomic mass is 16.5. The Hall–Kier alpha value is -4.31. The van der Waals surface area contributed by atoms with Gasteiger partial charge in [-0.3, -0.25) is 14.8 Å². The van der Waals surface area contributed by atoms with Gasteiger partial charge in [-0.05, 0) is 13.0 Å². The molecule has 10 heteroatoms. The van der Waals surface area contributed by atoms with Crippen LogP contribution in [-0.4, -0.2) is 67.4 Å². The molecule has 176 valence electrons. The van der Waals surface area contributed by atoms with E-state index in [4.69, 9.17) is 8.94 Å². The standard InChI is InChI=1S/C25H23N7O3/c1-16-21(22(30-35-16)17-7-3-2-4-8-17)24-29-27-20(34-24)15-31-11-13-32(14-12-31)25(33)23-18-9-5-6-10-19(18)26-28-23/h2-10H,11-15H2,1H3,(H,26,28). The van der Waals surface area contributed by atoms with Crippen molar-refractivity contribution in [3.05, 3.63) is 71.9 Å². The van der Waals surface area contributed by atoms with Gasteiger partial charge in [-0.15, -0.1) is 10.2 Å². The van der Waals surface area contributed by atoms with E-state index < -0.39 is 0 Å². The Labute approximate surface area is 200 Å². The highest BCUT2D eigenvalue weighted by Crippen LogP contribution is 2.33. The summed E-state index contributed by atoms with van der Waals surface area (Å²) in [4.78, 5) is 17.1. The number of aryl methyl sites for hydroxylation is 1. The molecular weight excluding hydrogens is 446 g/mol. The number of aromatic nitrogens is 5. The van der Waals surface area contributed by atoms with E-state index in [0.29, 0.717) is 67.2 Å². The molecule has 1 fully saturated rings. The van der Waals surface area contributed by atoms with Gasteiger partial charge in [0.05, 0.1) is 12.1 Å². The zero-order chi connectivity index (χ0) is 23.8. The number of hydrogen-bond donors (Lipinski definition) is 1. The zero-order valence-electron chi connectivity index (χ0n) is 19.1. The second kappa shape index (κ2) is 8.80. The molecule has 1 aliphatic heterocycles.